The maximum absolute atomic E-state index is 9.24. The van der Waals surface area contributed by atoms with E-state index in [0.717, 1.165) is 49.6 Å². The number of anilines is 1. The maximum Gasteiger partial charge on any atom is 0.183 e. The second kappa shape index (κ2) is 6.54. The Kier molecular flexibility index (Phi) is 3.97. The van der Waals surface area contributed by atoms with Crippen LogP contribution < -0.4 is 4.90 Å². The first-order valence-corrected chi connectivity index (χ1v) is 11.2. The van der Waals surface area contributed by atoms with Gasteiger partial charge in [0.15, 0.2) is 11.5 Å². The number of rotatable bonds is 4. The van der Waals surface area contributed by atoms with Crippen LogP contribution in [0.1, 0.15) is 43.1 Å². The van der Waals surface area contributed by atoms with E-state index in [1.54, 1.807) is 0 Å². The van der Waals surface area contributed by atoms with Gasteiger partial charge in [-0.25, -0.2) is 9.50 Å². The molecule has 3 unspecified atom stereocenters. The van der Waals surface area contributed by atoms with E-state index in [2.05, 4.69) is 67.4 Å². The predicted octanol–water partition coefficient (Wildman–Crippen LogP) is 3.98. The number of hydrogen-bond donors (Lipinski definition) is 0. The lowest BCUT2D eigenvalue weighted by atomic mass is 9.62. The van der Waals surface area contributed by atoms with Crippen LogP contribution in [-0.2, 0) is 15.8 Å². The second-order valence-electron chi connectivity index (χ2n) is 9.82. The molecule has 1 aromatic carbocycles. The molecule has 3 aromatic rings. The summed E-state index contributed by atoms with van der Waals surface area (Å²) in [6.45, 7) is 7.20. The molecular formula is C25H27N5O. The highest BCUT2D eigenvalue weighted by Crippen LogP contribution is 2.60. The molecule has 0 spiro atoms. The van der Waals surface area contributed by atoms with E-state index in [1.807, 2.05) is 4.52 Å². The Morgan fingerprint density at radius 1 is 1.29 bits per heavy atom. The summed E-state index contributed by atoms with van der Waals surface area (Å²) in [7, 11) is 0. The highest BCUT2D eigenvalue weighted by atomic mass is 16.5. The lowest BCUT2D eigenvalue weighted by Crippen LogP contribution is -2.45. The van der Waals surface area contributed by atoms with Gasteiger partial charge in [-0.3, -0.25) is 0 Å². The van der Waals surface area contributed by atoms with Gasteiger partial charge in [-0.15, -0.1) is 5.10 Å². The molecule has 7 rings (SSSR count). The van der Waals surface area contributed by atoms with Crippen LogP contribution in [0.15, 0.2) is 42.6 Å². The Bertz CT molecular complexity index is 1190. The van der Waals surface area contributed by atoms with Crippen molar-refractivity contribution in [3.8, 4) is 6.07 Å². The summed E-state index contributed by atoms with van der Waals surface area (Å²) in [5.41, 5.74) is 4.28. The molecule has 158 valence electrons. The number of nitrogens with zero attached hydrogens (tertiary/aromatic N) is 5. The van der Waals surface area contributed by atoms with Crippen molar-refractivity contribution >= 4 is 11.3 Å². The molecule has 6 nitrogen and oxygen atoms in total. The summed E-state index contributed by atoms with van der Waals surface area (Å²) in [5.74, 6) is 1.44. The molecule has 4 fully saturated rings. The molecule has 4 atom stereocenters. The Labute approximate surface area is 182 Å². The first-order valence-electron chi connectivity index (χ1n) is 11.2. The van der Waals surface area contributed by atoms with Crippen molar-refractivity contribution in [2.24, 2.45) is 11.8 Å². The van der Waals surface area contributed by atoms with Crippen LogP contribution in [0.5, 0.6) is 0 Å². The van der Waals surface area contributed by atoms with Gasteiger partial charge in [-0.05, 0) is 42.9 Å². The van der Waals surface area contributed by atoms with Crippen LogP contribution in [0, 0.1) is 30.1 Å². The van der Waals surface area contributed by atoms with Crippen LogP contribution in [0.2, 0.25) is 0 Å². The fraction of sp³-hybridized carbons (Fsp3) is 0.480. The molecule has 2 aromatic heterocycles. The molecule has 3 aliphatic heterocycles. The number of pyridine rings is 1. The summed E-state index contributed by atoms with van der Waals surface area (Å²) in [5, 5.41) is 14.1. The molecule has 2 bridgehead atoms. The lowest BCUT2D eigenvalue weighted by molar-refractivity contribution is -0.0628. The van der Waals surface area contributed by atoms with Crippen LogP contribution in [0.3, 0.4) is 0 Å². The zero-order chi connectivity index (χ0) is 21.2. The van der Waals surface area contributed by atoms with Gasteiger partial charge in [0.2, 0.25) is 0 Å². The van der Waals surface area contributed by atoms with Crippen molar-refractivity contribution in [1.29, 1.82) is 5.26 Å². The molecule has 31 heavy (non-hydrogen) atoms. The van der Waals surface area contributed by atoms with Crippen molar-refractivity contribution in [1.82, 2.24) is 14.6 Å². The average Bonchev–Trinajstić information content (AvgIpc) is 3.54. The number of ether oxygens (including phenoxy) is 1. The SMILES string of the molecule is Cc1cc(N2CC[C@](C)(c3ccccc3)C2)cn2nc(C34CC(CO3)C4CC#N)nc12. The summed E-state index contributed by atoms with van der Waals surface area (Å²) in [6.07, 6.45) is 4.68. The fourth-order valence-electron chi connectivity index (χ4n) is 5.99. The molecule has 0 N–H and O–H groups in total. The minimum atomic E-state index is -0.460. The van der Waals surface area contributed by atoms with E-state index in [1.165, 1.54) is 11.3 Å². The zero-order valence-electron chi connectivity index (χ0n) is 18.1. The normalized spacial score (nSPS) is 31.7. The van der Waals surface area contributed by atoms with Crippen molar-refractivity contribution in [2.75, 3.05) is 24.6 Å². The van der Waals surface area contributed by atoms with Gasteiger partial charge < -0.3 is 9.64 Å². The smallest absolute Gasteiger partial charge is 0.183 e. The third-order valence-electron chi connectivity index (χ3n) is 7.89. The number of benzene rings is 1. The summed E-state index contributed by atoms with van der Waals surface area (Å²) in [4.78, 5) is 7.34. The molecule has 5 heterocycles. The number of aryl methyl sites for hydroxylation is 1. The molecule has 1 saturated carbocycles. The van der Waals surface area contributed by atoms with Crippen molar-refractivity contribution in [2.45, 2.75) is 44.1 Å². The van der Waals surface area contributed by atoms with E-state index in [4.69, 9.17) is 14.8 Å². The number of fused-ring (bicyclic) bond motifs is 2. The molecule has 0 radical (unpaired) electrons. The number of nitriles is 1. The third-order valence-corrected chi connectivity index (χ3v) is 7.89. The van der Waals surface area contributed by atoms with Gasteiger partial charge >= 0.3 is 0 Å². The van der Waals surface area contributed by atoms with Gasteiger partial charge in [-0.2, -0.15) is 5.26 Å². The topological polar surface area (TPSA) is 66.5 Å². The number of aromatic nitrogens is 3. The maximum atomic E-state index is 9.24. The minimum absolute atomic E-state index is 0.153. The summed E-state index contributed by atoms with van der Waals surface area (Å²) in [6, 6.07) is 15.4. The van der Waals surface area contributed by atoms with Crippen LogP contribution in [-0.4, -0.2) is 34.3 Å². The summed E-state index contributed by atoms with van der Waals surface area (Å²) >= 11 is 0. The van der Waals surface area contributed by atoms with E-state index >= 15 is 0 Å². The largest absolute Gasteiger partial charge is 0.369 e. The quantitative estimate of drug-likeness (QED) is 0.647. The second-order valence-corrected chi connectivity index (χ2v) is 9.82. The van der Waals surface area contributed by atoms with Gasteiger partial charge in [0, 0.05) is 30.8 Å². The average molecular weight is 414 g/mol. The number of hydrogen-bond acceptors (Lipinski definition) is 5. The Balaban J connectivity index is 1.32. The van der Waals surface area contributed by atoms with E-state index in [0.29, 0.717) is 12.3 Å². The first-order chi connectivity index (χ1) is 15.0. The van der Waals surface area contributed by atoms with Gasteiger partial charge in [0.1, 0.15) is 5.60 Å². The highest BCUT2D eigenvalue weighted by molar-refractivity contribution is 5.58. The van der Waals surface area contributed by atoms with Crippen LogP contribution >= 0.6 is 0 Å². The fourth-order valence-corrected chi connectivity index (χ4v) is 5.99. The van der Waals surface area contributed by atoms with E-state index in [9.17, 15) is 5.26 Å². The molecule has 4 aliphatic rings. The van der Waals surface area contributed by atoms with Crippen molar-refractivity contribution < 1.29 is 4.74 Å². The lowest BCUT2D eigenvalue weighted by Gasteiger charge is -2.41. The Morgan fingerprint density at radius 2 is 2.13 bits per heavy atom. The standard InChI is InChI=1S/C25H27N5O/c1-17-12-20(29-11-9-24(2,16-29)19-6-4-3-5-7-19)14-30-22(17)27-23(28-30)25-13-18(15-31-25)21(25)8-10-26/h3-7,12,14,18,21H,8-9,11,13,15-16H2,1-2H3/t18?,21?,24-,25?/m0/s1. The van der Waals surface area contributed by atoms with Crippen molar-refractivity contribution in [3.63, 3.8) is 0 Å². The molecule has 3 saturated heterocycles. The Morgan fingerprint density at radius 3 is 2.90 bits per heavy atom. The first kappa shape index (κ1) is 18.8. The van der Waals surface area contributed by atoms with Crippen molar-refractivity contribution in [3.05, 3.63) is 59.5 Å². The zero-order valence-corrected chi connectivity index (χ0v) is 18.1. The van der Waals surface area contributed by atoms with Gasteiger partial charge in [0.25, 0.3) is 0 Å². The van der Waals surface area contributed by atoms with Crippen LogP contribution in [0.4, 0.5) is 5.69 Å². The molecular weight excluding hydrogens is 386 g/mol. The molecule has 1 aliphatic carbocycles. The summed E-state index contributed by atoms with van der Waals surface area (Å²) < 4.78 is 8.06. The molecule has 0 amide bonds. The Hall–Kier alpha value is -2.91. The van der Waals surface area contributed by atoms with Gasteiger partial charge in [0.05, 0.1) is 24.6 Å². The minimum Gasteiger partial charge on any atom is -0.369 e. The van der Waals surface area contributed by atoms with Gasteiger partial charge in [-0.1, -0.05) is 37.3 Å². The molecule has 6 heteroatoms. The monoisotopic (exact) mass is 413 g/mol. The van der Waals surface area contributed by atoms with E-state index < -0.39 is 5.60 Å². The highest BCUT2D eigenvalue weighted by Gasteiger charge is 2.63. The van der Waals surface area contributed by atoms with Crippen LogP contribution in [0.25, 0.3) is 5.65 Å². The predicted molar refractivity (Wildman–Crippen MR) is 118 cm³/mol. The third kappa shape index (κ3) is 2.66. The van der Waals surface area contributed by atoms with E-state index in [-0.39, 0.29) is 11.3 Å².